The van der Waals surface area contributed by atoms with Crippen LogP contribution in [0.3, 0.4) is 0 Å². The maximum absolute atomic E-state index is 10.6. The summed E-state index contributed by atoms with van der Waals surface area (Å²) in [4.78, 5) is 12.0. The van der Waals surface area contributed by atoms with Crippen LogP contribution in [0.2, 0.25) is 0 Å². The summed E-state index contributed by atoms with van der Waals surface area (Å²) >= 11 is 0. The monoisotopic (exact) mass is 145 g/mol. The summed E-state index contributed by atoms with van der Waals surface area (Å²) in [5.41, 5.74) is 10.1. The molecule has 0 aliphatic rings. The van der Waals surface area contributed by atoms with Crippen LogP contribution in [0, 0.1) is 0 Å². The van der Waals surface area contributed by atoms with E-state index in [9.17, 15) is 4.79 Å². The predicted octanol–water partition coefficient (Wildman–Crippen LogP) is -0.266. The normalized spacial score (nSPS) is 11.2. The Morgan fingerprint density at radius 2 is 2.00 bits per heavy atom. The molecule has 0 aromatic rings. The summed E-state index contributed by atoms with van der Waals surface area (Å²) in [6.45, 7) is 4.13. The minimum Gasteiger partial charge on any atom is -0.351 e. The first-order valence-corrected chi connectivity index (χ1v) is 3.15. The average molecular weight is 145 g/mol. The Kier molecular flexibility index (Phi) is 2.65. The number of hydrogen-bond donors (Lipinski definition) is 2. The van der Waals surface area contributed by atoms with E-state index in [4.69, 9.17) is 11.5 Å². The number of carbonyl (C=O) groups excluding carboxylic acids is 1. The zero-order valence-electron chi connectivity index (χ0n) is 6.72. The van der Waals surface area contributed by atoms with Gasteiger partial charge in [-0.05, 0) is 13.8 Å². The number of urea groups is 1. The van der Waals surface area contributed by atoms with Gasteiger partial charge in [-0.25, -0.2) is 4.79 Å². The van der Waals surface area contributed by atoms with Crippen molar-refractivity contribution in [2.24, 2.45) is 11.5 Å². The van der Waals surface area contributed by atoms with Gasteiger partial charge < -0.3 is 16.4 Å². The Morgan fingerprint density at radius 1 is 1.60 bits per heavy atom. The number of carbonyl (C=O) groups is 1. The molecule has 0 aliphatic carbocycles. The lowest BCUT2D eigenvalue weighted by molar-refractivity contribution is 0.168. The second-order valence-corrected chi connectivity index (χ2v) is 2.91. The van der Waals surface area contributed by atoms with E-state index in [2.05, 4.69) is 0 Å². The van der Waals surface area contributed by atoms with Crippen LogP contribution in [0.15, 0.2) is 0 Å². The highest BCUT2D eigenvalue weighted by molar-refractivity contribution is 5.72. The number of likely N-dealkylation sites (N-methyl/N-ethyl adjacent to an activating group) is 1. The topological polar surface area (TPSA) is 72.3 Å². The fourth-order valence-electron chi connectivity index (χ4n) is 0.435. The first-order valence-electron chi connectivity index (χ1n) is 3.15. The quantitative estimate of drug-likeness (QED) is 0.561. The Morgan fingerprint density at radius 3 is 2.10 bits per heavy atom. The molecular formula is C6H15N3O. The summed E-state index contributed by atoms with van der Waals surface area (Å²) < 4.78 is 0. The van der Waals surface area contributed by atoms with Gasteiger partial charge in [-0.3, -0.25) is 0 Å². The molecule has 0 aromatic carbocycles. The Labute approximate surface area is 61.2 Å². The summed E-state index contributed by atoms with van der Waals surface area (Å²) in [7, 11) is 1.63. The van der Waals surface area contributed by atoms with E-state index in [0.29, 0.717) is 6.54 Å². The van der Waals surface area contributed by atoms with Gasteiger partial charge in [-0.15, -0.1) is 0 Å². The fourth-order valence-corrected chi connectivity index (χ4v) is 0.435. The third-order valence-electron chi connectivity index (χ3n) is 1.74. The molecule has 60 valence electrons. The fraction of sp³-hybridized carbons (Fsp3) is 0.833. The predicted molar refractivity (Wildman–Crippen MR) is 40.5 cm³/mol. The number of nitrogens with two attached hydrogens (primary N) is 2. The molecule has 0 aromatic heterocycles. The van der Waals surface area contributed by atoms with Gasteiger partial charge in [0.2, 0.25) is 0 Å². The highest BCUT2D eigenvalue weighted by Crippen LogP contribution is 2.08. The zero-order valence-corrected chi connectivity index (χ0v) is 6.72. The van der Waals surface area contributed by atoms with E-state index >= 15 is 0 Å². The first-order chi connectivity index (χ1) is 4.41. The van der Waals surface area contributed by atoms with Gasteiger partial charge >= 0.3 is 6.03 Å². The van der Waals surface area contributed by atoms with E-state index in [1.54, 1.807) is 7.05 Å². The van der Waals surface area contributed by atoms with Crippen molar-refractivity contribution in [2.75, 3.05) is 13.6 Å². The maximum atomic E-state index is 10.6. The van der Waals surface area contributed by atoms with Crippen molar-refractivity contribution in [1.82, 2.24) is 4.90 Å². The smallest absolute Gasteiger partial charge is 0.315 e. The lowest BCUT2D eigenvalue weighted by Gasteiger charge is -2.32. The average Bonchev–Trinajstić information content (AvgIpc) is 1.86. The second kappa shape index (κ2) is 2.88. The van der Waals surface area contributed by atoms with Crippen LogP contribution < -0.4 is 11.5 Å². The third-order valence-corrected chi connectivity index (χ3v) is 1.74. The van der Waals surface area contributed by atoms with Crippen LogP contribution in [-0.2, 0) is 0 Å². The number of amides is 2. The molecule has 0 saturated carbocycles. The van der Waals surface area contributed by atoms with Crippen LogP contribution in [0.4, 0.5) is 4.79 Å². The van der Waals surface area contributed by atoms with Gasteiger partial charge in [0.1, 0.15) is 0 Å². The van der Waals surface area contributed by atoms with E-state index in [-0.39, 0.29) is 5.54 Å². The molecule has 10 heavy (non-hydrogen) atoms. The first kappa shape index (κ1) is 9.23. The van der Waals surface area contributed by atoms with Crippen molar-refractivity contribution < 1.29 is 4.79 Å². The molecule has 4 N–H and O–H groups in total. The molecule has 0 atom stereocenters. The highest BCUT2D eigenvalue weighted by atomic mass is 16.2. The molecule has 2 amide bonds. The van der Waals surface area contributed by atoms with E-state index in [0.717, 1.165) is 0 Å². The van der Waals surface area contributed by atoms with Crippen molar-refractivity contribution in [1.29, 1.82) is 0 Å². The highest BCUT2D eigenvalue weighted by Gasteiger charge is 2.23. The Balaban J connectivity index is 4.17. The van der Waals surface area contributed by atoms with Crippen LogP contribution in [-0.4, -0.2) is 30.1 Å². The van der Waals surface area contributed by atoms with Gasteiger partial charge in [0, 0.05) is 13.6 Å². The van der Waals surface area contributed by atoms with Crippen LogP contribution in [0.5, 0.6) is 0 Å². The molecule has 0 heterocycles. The molecule has 0 aliphatic heterocycles. The van der Waals surface area contributed by atoms with Crippen LogP contribution >= 0.6 is 0 Å². The summed E-state index contributed by atoms with van der Waals surface area (Å²) in [5.74, 6) is 0. The molecule has 4 nitrogen and oxygen atoms in total. The summed E-state index contributed by atoms with van der Waals surface area (Å²) in [6.07, 6.45) is 0. The number of nitrogens with zero attached hydrogens (tertiary/aromatic N) is 1. The Hall–Kier alpha value is -0.770. The molecule has 0 bridgehead atoms. The van der Waals surface area contributed by atoms with E-state index < -0.39 is 6.03 Å². The summed E-state index contributed by atoms with van der Waals surface area (Å²) in [5, 5.41) is 0. The van der Waals surface area contributed by atoms with Gasteiger partial charge in [0.15, 0.2) is 0 Å². The van der Waals surface area contributed by atoms with Gasteiger partial charge in [0.25, 0.3) is 0 Å². The number of primary amides is 1. The van der Waals surface area contributed by atoms with Gasteiger partial charge in [0.05, 0.1) is 5.54 Å². The molecule has 4 heteroatoms. The van der Waals surface area contributed by atoms with E-state index in [1.807, 2.05) is 13.8 Å². The van der Waals surface area contributed by atoms with Crippen molar-refractivity contribution in [3.8, 4) is 0 Å². The van der Waals surface area contributed by atoms with Crippen LogP contribution in [0.1, 0.15) is 13.8 Å². The largest absolute Gasteiger partial charge is 0.351 e. The molecule has 0 spiro atoms. The number of hydrogen-bond acceptors (Lipinski definition) is 2. The molecule has 0 unspecified atom stereocenters. The molecule has 0 saturated heterocycles. The number of rotatable bonds is 2. The molecule has 0 radical (unpaired) electrons. The van der Waals surface area contributed by atoms with Crippen molar-refractivity contribution in [3.63, 3.8) is 0 Å². The zero-order chi connectivity index (χ0) is 8.36. The third kappa shape index (κ3) is 1.88. The molecule has 0 rings (SSSR count). The van der Waals surface area contributed by atoms with Gasteiger partial charge in [-0.2, -0.15) is 0 Å². The maximum Gasteiger partial charge on any atom is 0.315 e. The summed E-state index contributed by atoms with van der Waals surface area (Å²) in [6, 6.07) is -0.449. The van der Waals surface area contributed by atoms with E-state index in [1.165, 1.54) is 4.90 Å². The SMILES string of the molecule is CN(C(N)=O)C(C)(C)CN. The standard InChI is InChI=1S/C6H15N3O/c1-6(2,4-7)9(3)5(8)10/h4,7H2,1-3H3,(H2,8,10). The second-order valence-electron chi connectivity index (χ2n) is 2.91. The van der Waals surface area contributed by atoms with Crippen molar-refractivity contribution in [2.45, 2.75) is 19.4 Å². The Bertz CT molecular complexity index is 133. The van der Waals surface area contributed by atoms with Crippen LogP contribution in [0.25, 0.3) is 0 Å². The minimum absolute atomic E-state index is 0.341. The lowest BCUT2D eigenvalue weighted by Crippen LogP contribution is -2.51. The molecular weight excluding hydrogens is 130 g/mol. The molecule has 0 fully saturated rings. The lowest BCUT2D eigenvalue weighted by atomic mass is 10.1. The minimum atomic E-state index is -0.449. The van der Waals surface area contributed by atoms with Crippen molar-refractivity contribution in [3.05, 3.63) is 0 Å². The van der Waals surface area contributed by atoms with Gasteiger partial charge in [-0.1, -0.05) is 0 Å². The van der Waals surface area contributed by atoms with Crippen molar-refractivity contribution >= 4 is 6.03 Å².